The molecule has 0 bridgehead atoms. The molecule has 2 aromatic rings. The average molecular weight is 539 g/mol. The molecule has 0 aliphatic carbocycles. The molecule has 140 valence electrons. The molecule has 1 unspecified atom stereocenters. The number of rotatable bonds is 8. The van der Waals surface area contributed by atoms with Crippen LogP contribution in [0.1, 0.15) is 16.8 Å². The topological polar surface area (TPSA) is 105 Å². The van der Waals surface area contributed by atoms with E-state index in [1.165, 1.54) is 6.07 Å². The molecular weight excluding hydrogens is 522 g/mol. The maximum atomic E-state index is 14.1. The van der Waals surface area contributed by atoms with E-state index in [1.807, 2.05) is 22.6 Å². The Kier molecular flexibility index (Phi) is 7.62. The Morgan fingerprint density at radius 2 is 2.08 bits per heavy atom. The summed E-state index contributed by atoms with van der Waals surface area (Å²) < 4.78 is 21.0. The number of nitrogens with two attached hydrogens (primary N) is 1. The van der Waals surface area contributed by atoms with Gasteiger partial charge >= 0.3 is 0 Å². The molecule has 1 amide bonds. The number of primary amides is 1. The smallest absolute Gasteiger partial charge is 0.254 e. The van der Waals surface area contributed by atoms with Crippen LogP contribution < -0.4 is 15.8 Å². The van der Waals surface area contributed by atoms with Crippen LogP contribution in [0.3, 0.4) is 0 Å². The summed E-state index contributed by atoms with van der Waals surface area (Å²) in [6.07, 6.45) is -0.743. The van der Waals surface area contributed by atoms with Gasteiger partial charge in [0.25, 0.3) is 5.91 Å². The standard InChI is InChI=1S/C17H17BrFIN2O4/c18-9-5-14(22-13-2-1-10(20)7-12(13)19)16(17(21)25)15(6-9)26-4-3-11(24)8-23/h1-2,5-7,11,22-24H,3-4,8H2,(H2,21,25). The third kappa shape index (κ3) is 5.53. The molecule has 26 heavy (non-hydrogen) atoms. The van der Waals surface area contributed by atoms with Gasteiger partial charge < -0.3 is 26.0 Å². The zero-order valence-corrected chi connectivity index (χ0v) is 17.3. The van der Waals surface area contributed by atoms with Crippen LogP contribution >= 0.6 is 38.5 Å². The van der Waals surface area contributed by atoms with Crippen molar-refractivity contribution in [1.29, 1.82) is 0 Å². The van der Waals surface area contributed by atoms with Gasteiger partial charge in [-0.15, -0.1) is 0 Å². The molecule has 0 aliphatic rings. The number of nitrogens with one attached hydrogen (secondary N) is 1. The van der Waals surface area contributed by atoms with Gasteiger partial charge in [-0.2, -0.15) is 0 Å². The minimum Gasteiger partial charge on any atom is -0.493 e. The highest BCUT2D eigenvalue weighted by atomic mass is 127. The number of carbonyl (C=O) groups excluding carboxylic acids is 1. The zero-order chi connectivity index (χ0) is 19.3. The van der Waals surface area contributed by atoms with Crippen molar-refractivity contribution >= 4 is 55.8 Å². The highest BCUT2D eigenvalue weighted by Gasteiger charge is 2.18. The molecule has 9 heteroatoms. The highest BCUT2D eigenvalue weighted by molar-refractivity contribution is 14.1. The van der Waals surface area contributed by atoms with E-state index >= 15 is 0 Å². The first-order chi connectivity index (χ1) is 12.3. The highest BCUT2D eigenvalue weighted by Crippen LogP contribution is 2.34. The fraction of sp³-hybridized carbons (Fsp3) is 0.235. The lowest BCUT2D eigenvalue weighted by Crippen LogP contribution is -2.19. The molecule has 0 fully saturated rings. The average Bonchev–Trinajstić information content (AvgIpc) is 2.56. The minimum absolute atomic E-state index is 0.0599. The molecule has 0 heterocycles. The van der Waals surface area contributed by atoms with Crippen molar-refractivity contribution in [3.05, 3.63) is 49.8 Å². The molecule has 0 aromatic heterocycles. The van der Waals surface area contributed by atoms with E-state index in [9.17, 15) is 14.3 Å². The van der Waals surface area contributed by atoms with Crippen molar-refractivity contribution in [1.82, 2.24) is 0 Å². The van der Waals surface area contributed by atoms with Crippen LogP contribution in [0.5, 0.6) is 5.75 Å². The zero-order valence-electron chi connectivity index (χ0n) is 13.5. The molecule has 0 radical (unpaired) electrons. The molecule has 0 spiro atoms. The van der Waals surface area contributed by atoms with E-state index in [1.54, 1.807) is 24.3 Å². The molecule has 2 aromatic carbocycles. The number of hydrogen-bond acceptors (Lipinski definition) is 5. The first-order valence-corrected chi connectivity index (χ1v) is 9.46. The summed E-state index contributed by atoms with van der Waals surface area (Å²) in [5, 5.41) is 21.1. The molecule has 0 saturated heterocycles. The fourth-order valence-corrected chi connectivity index (χ4v) is 3.07. The number of anilines is 2. The number of halogens is 3. The van der Waals surface area contributed by atoms with Gasteiger partial charge in [0.1, 0.15) is 17.1 Å². The summed E-state index contributed by atoms with van der Waals surface area (Å²) in [5.41, 5.74) is 6.01. The summed E-state index contributed by atoms with van der Waals surface area (Å²) in [4.78, 5) is 11.9. The van der Waals surface area contributed by atoms with Crippen molar-refractivity contribution in [2.75, 3.05) is 18.5 Å². The van der Waals surface area contributed by atoms with E-state index in [4.69, 9.17) is 15.6 Å². The second-order valence-corrected chi connectivity index (χ2v) is 7.57. The van der Waals surface area contributed by atoms with Crippen molar-refractivity contribution in [2.45, 2.75) is 12.5 Å². The Morgan fingerprint density at radius 3 is 2.69 bits per heavy atom. The Labute approximate surface area is 171 Å². The van der Waals surface area contributed by atoms with Crippen molar-refractivity contribution in [2.24, 2.45) is 5.73 Å². The summed E-state index contributed by atoms with van der Waals surface area (Å²) in [6, 6.07) is 7.79. The van der Waals surface area contributed by atoms with Crippen LogP contribution in [0.4, 0.5) is 15.8 Å². The third-order valence-corrected chi connectivity index (χ3v) is 4.56. The molecule has 6 nitrogen and oxygen atoms in total. The first kappa shape index (κ1) is 20.9. The van der Waals surface area contributed by atoms with Gasteiger partial charge in [0.2, 0.25) is 0 Å². The van der Waals surface area contributed by atoms with Crippen molar-refractivity contribution in [3.63, 3.8) is 0 Å². The lowest BCUT2D eigenvalue weighted by Gasteiger charge is -2.17. The maximum absolute atomic E-state index is 14.1. The van der Waals surface area contributed by atoms with Gasteiger partial charge in [-0.05, 0) is 52.9 Å². The van der Waals surface area contributed by atoms with Crippen LogP contribution in [0.25, 0.3) is 0 Å². The second-order valence-electron chi connectivity index (χ2n) is 5.41. The predicted molar refractivity (Wildman–Crippen MR) is 108 cm³/mol. The lowest BCUT2D eigenvalue weighted by molar-refractivity contribution is 0.0751. The maximum Gasteiger partial charge on any atom is 0.254 e. The predicted octanol–water partition coefficient (Wildman–Crippen LogP) is 3.16. The van der Waals surface area contributed by atoms with Gasteiger partial charge in [0, 0.05) is 14.5 Å². The third-order valence-electron chi connectivity index (χ3n) is 3.43. The van der Waals surface area contributed by atoms with E-state index in [-0.39, 0.29) is 42.3 Å². The van der Waals surface area contributed by atoms with Gasteiger partial charge in [-0.25, -0.2) is 4.39 Å². The Bertz CT molecular complexity index is 807. The first-order valence-electron chi connectivity index (χ1n) is 7.59. The van der Waals surface area contributed by atoms with E-state index in [0.29, 0.717) is 4.47 Å². The monoisotopic (exact) mass is 538 g/mol. The van der Waals surface area contributed by atoms with Gasteiger partial charge in [0.05, 0.1) is 30.7 Å². The quantitative estimate of drug-likeness (QED) is 0.386. The largest absolute Gasteiger partial charge is 0.493 e. The van der Waals surface area contributed by atoms with E-state index in [2.05, 4.69) is 21.2 Å². The van der Waals surface area contributed by atoms with Crippen LogP contribution in [0.2, 0.25) is 0 Å². The number of amides is 1. The number of carbonyl (C=O) groups is 1. The van der Waals surface area contributed by atoms with Crippen LogP contribution in [0.15, 0.2) is 34.8 Å². The second kappa shape index (κ2) is 9.49. The summed E-state index contributed by atoms with van der Waals surface area (Å²) in [7, 11) is 0. The molecule has 1 atom stereocenters. The Morgan fingerprint density at radius 1 is 1.35 bits per heavy atom. The SMILES string of the molecule is NC(=O)c1c(Nc2ccc(I)cc2F)cc(Br)cc1OCCC(O)CO. The number of benzene rings is 2. The fourth-order valence-electron chi connectivity index (χ4n) is 2.18. The van der Waals surface area contributed by atoms with Gasteiger partial charge in [0.15, 0.2) is 0 Å². The van der Waals surface area contributed by atoms with E-state index < -0.39 is 17.8 Å². The summed E-state index contributed by atoms with van der Waals surface area (Å²) in [5.74, 6) is -1.03. The number of ether oxygens (including phenoxy) is 1. The van der Waals surface area contributed by atoms with Crippen LogP contribution in [0, 0.1) is 9.39 Å². The van der Waals surface area contributed by atoms with Gasteiger partial charge in [-0.3, -0.25) is 4.79 Å². The summed E-state index contributed by atoms with van der Waals surface area (Å²) in [6.45, 7) is -0.320. The molecule has 0 aliphatic heterocycles. The van der Waals surface area contributed by atoms with E-state index in [0.717, 1.165) is 3.57 Å². The number of aliphatic hydroxyl groups excluding tert-OH is 2. The molecule has 5 N–H and O–H groups in total. The molecular formula is C17H17BrFIN2O4. The van der Waals surface area contributed by atoms with Gasteiger partial charge in [-0.1, -0.05) is 15.9 Å². The lowest BCUT2D eigenvalue weighted by atomic mass is 10.1. The minimum atomic E-state index is -0.919. The normalized spacial score (nSPS) is 11.9. The molecule has 2 rings (SSSR count). The van der Waals surface area contributed by atoms with Crippen LogP contribution in [-0.2, 0) is 0 Å². The van der Waals surface area contributed by atoms with Crippen molar-refractivity contribution in [3.8, 4) is 5.75 Å². The number of hydrogen-bond donors (Lipinski definition) is 4. The summed E-state index contributed by atoms with van der Waals surface area (Å²) >= 11 is 5.31. The molecule has 0 saturated carbocycles. The van der Waals surface area contributed by atoms with Crippen molar-refractivity contribution < 1.29 is 24.1 Å². The Hall–Kier alpha value is -1.43. The Balaban J connectivity index is 2.34. The van der Waals surface area contributed by atoms with Crippen LogP contribution in [-0.4, -0.2) is 35.4 Å². The number of aliphatic hydroxyl groups is 2.